The summed E-state index contributed by atoms with van der Waals surface area (Å²) in [6, 6.07) is 63.9. The van der Waals surface area contributed by atoms with Crippen LogP contribution < -0.4 is 4.90 Å². The average Bonchev–Trinajstić information content (AvgIpc) is 3.53. The summed E-state index contributed by atoms with van der Waals surface area (Å²) in [6.45, 7) is 0. The van der Waals surface area contributed by atoms with Gasteiger partial charge in [-0.3, -0.25) is 0 Å². The van der Waals surface area contributed by atoms with Crippen molar-refractivity contribution in [2.75, 3.05) is 4.90 Å². The quantitative estimate of drug-likeness (QED) is 0.189. The Morgan fingerprint density at radius 1 is 0.391 bits per heavy atom. The molecule has 1 nitrogen and oxygen atoms in total. The number of benzene rings is 8. The van der Waals surface area contributed by atoms with Crippen molar-refractivity contribution in [2.45, 2.75) is 0 Å². The maximum Gasteiger partial charge on any atom is 0.0646 e. The normalized spacial score (nSPS) is 11.5. The van der Waals surface area contributed by atoms with Crippen LogP contribution in [0.25, 0.3) is 64.0 Å². The molecule has 0 amide bonds. The van der Waals surface area contributed by atoms with E-state index in [0.29, 0.717) is 0 Å². The molecule has 1 heterocycles. The Kier molecular flexibility index (Phi) is 6.40. The van der Waals surface area contributed by atoms with Crippen LogP contribution in [0.4, 0.5) is 17.1 Å². The Morgan fingerprint density at radius 3 is 1.89 bits per heavy atom. The summed E-state index contributed by atoms with van der Waals surface area (Å²) in [4.78, 5) is 2.45. The third-order valence-electron chi connectivity index (χ3n) is 9.03. The molecule has 0 atom stereocenters. The van der Waals surface area contributed by atoms with E-state index in [2.05, 4.69) is 181 Å². The standard InChI is InChI=1S/C44H29NS/c1-2-12-30(13-3-1)33-17-10-18-36(28-33)45(35-26-24-32(25-27-35)38-22-11-16-31-14-4-6-19-37(31)38)41-29-34-15-5-7-20-39(34)43-40-21-8-9-23-42(40)46-44(41)43/h1-29H. The second kappa shape index (κ2) is 11.0. The molecule has 0 unspecified atom stereocenters. The first-order valence-corrected chi connectivity index (χ1v) is 16.5. The maximum atomic E-state index is 2.45. The van der Waals surface area contributed by atoms with Gasteiger partial charge in [0.15, 0.2) is 0 Å². The summed E-state index contributed by atoms with van der Waals surface area (Å²) in [6.07, 6.45) is 0. The number of nitrogens with zero attached hydrogens (tertiary/aromatic N) is 1. The topological polar surface area (TPSA) is 3.24 Å². The van der Waals surface area contributed by atoms with Crippen molar-refractivity contribution in [1.29, 1.82) is 0 Å². The van der Waals surface area contributed by atoms with Gasteiger partial charge in [0, 0.05) is 26.8 Å². The van der Waals surface area contributed by atoms with Crippen LogP contribution in [0.2, 0.25) is 0 Å². The van der Waals surface area contributed by atoms with Crippen molar-refractivity contribution in [3.05, 3.63) is 176 Å². The highest BCUT2D eigenvalue weighted by molar-refractivity contribution is 7.26. The minimum atomic E-state index is 1.13. The van der Waals surface area contributed by atoms with Crippen LogP contribution in [0.1, 0.15) is 0 Å². The van der Waals surface area contributed by atoms with Crippen molar-refractivity contribution < 1.29 is 0 Å². The van der Waals surface area contributed by atoms with Crippen LogP contribution in [-0.4, -0.2) is 0 Å². The number of fused-ring (bicyclic) bond motifs is 6. The Hall–Kier alpha value is -5.70. The Balaban J connectivity index is 1.29. The molecule has 9 rings (SSSR count). The molecule has 0 bridgehead atoms. The van der Waals surface area contributed by atoms with Crippen molar-refractivity contribution in [3.63, 3.8) is 0 Å². The molecule has 0 aliphatic carbocycles. The Morgan fingerprint density at radius 2 is 1.04 bits per heavy atom. The first-order valence-electron chi connectivity index (χ1n) is 15.7. The summed E-state index contributed by atoms with van der Waals surface area (Å²) in [7, 11) is 0. The lowest BCUT2D eigenvalue weighted by molar-refractivity contribution is 1.30. The van der Waals surface area contributed by atoms with Gasteiger partial charge in [0.1, 0.15) is 0 Å². The van der Waals surface area contributed by atoms with Gasteiger partial charge in [0.2, 0.25) is 0 Å². The molecule has 9 aromatic rings. The average molecular weight is 604 g/mol. The second-order valence-corrected chi connectivity index (χ2v) is 12.8. The second-order valence-electron chi connectivity index (χ2n) is 11.7. The molecule has 0 spiro atoms. The fourth-order valence-corrected chi connectivity index (χ4v) is 8.10. The number of rotatable bonds is 5. The van der Waals surface area contributed by atoms with Gasteiger partial charge in [0.25, 0.3) is 0 Å². The summed E-state index contributed by atoms with van der Waals surface area (Å²) in [5, 5.41) is 7.70. The predicted molar refractivity (Wildman–Crippen MR) is 200 cm³/mol. The summed E-state index contributed by atoms with van der Waals surface area (Å²) >= 11 is 1.88. The van der Waals surface area contributed by atoms with E-state index in [9.17, 15) is 0 Å². The SMILES string of the molecule is c1ccc(-c2cccc(N(c3ccc(-c4cccc5ccccc45)cc3)c3cc4ccccc4c4c3sc3ccccc34)c2)cc1. The smallest absolute Gasteiger partial charge is 0.0646 e. The lowest BCUT2D eigenvalue weighted by Crippen LogP contribution is -2.10. The highest BCUT2D eigenvalue weighted by atomic mass is 32.1. The maximum absolute atomic E-state index is 2.45. The van der Waals surface area contributed by atoms with Crippen LogP contribution >= 0.6 is 11.3 Å². The van der Waals surface area contributed by atoms with Crippen molar-refractivity contribution in [3.8, 4) is 22.3 Å². The third kappa shape index (κ3) is 4.46. The number of anilines is 3. The van der Waals surface area contributed by atoms with E-state index in [1.54, 1.807) is 0 Å². The van der Waals surface area contributed by atoms with Gasteiger partial charge in [-0.1, -0.05) is 140 Å². The molecule has 8 aromatic carbocycles. The minimum Gasteiger partial charge on any atom is -0.309 e. The van der Waals surface area contributed by atoms with Crippen molar-refractivity contribution in [2.24, 2.45) is 0 Å². The van der Waals surface area contributed by atoms with Gasteiger partial charge in [0.05, 0.1) is 10.4 Å². The van der Waals surface area contributed by atoms with Gasteiger partial charge in [-0.05, 0) is 80.2 Å². The molecule has 0 fully saturated rings. The van der Waals surface area contributed by atoms with Crippen LogP contribution in [0.5, 0.6) is 0 Å². The van der Waals surface area contributed by atoms with E-state index < -0.39 is 0 Å². The van der Waals surface area contributed by atoms with Gasteiger partial charge in [-0.15, -0.1) is 11.3 Å². The van der Waals surface area contributed by atoms with E-state index in [1.165, 1.54) is 69.7 Å². The zero-order valence-electron chi connectivity index (χ0n) is 25.1. The Labute approximate surface area is 272 Å². The predicted octanol–water partition coefficient (Wildman–Crippen LogP) is 13.2. The molecule has 46 heavy (non-hydrogen) atoms. The number of hydrogen-bond acceptors (Lipinski definition) is 2. The summed E-state index contributed by atoms with van der Waals surface area (Å²) in [5.74, 6) is 0. The molecular formula is C44H29NS. The van der Waals surface area contributed by atoms with Gasteiger partial charge >= 0.3 is 0 Å². The Bertz CT molecular complexity index is 2520. The molecule has 1 aromatic heterocycles. The number of hydrogen-bond donors (Lipinski definition) is 0. The molecule has 0 radical (unpaired) electrons. The minimum absolute atomic E-state index is 1.13. The highest BCUT2D eigenvalue weighted by Gasteiger charge is 2.21. The first-order chi connectivity index (χ1) is 22.8. The number of thiophene rings is 1. The van der Waals surface area contributed by atoms with Crippen molar-refractivity contribution >= 4 is 70.1 Å². The molecule has 216 valence electrons. The van der Waals surface area contributed by atoms with Crippen molar-refractivity contribution in [1.82, 2.24) is 0 Å². The van der Waals surface area contributed by atoms with Gasteiger partial charge in [-0.25, -0.2) is 0 Å². The molecule has 0 saturated heterocycles. The van der Waals surface area contributed by atoms with Crippen LogP contribution in [0.15, 0.2) is 176 Å². The zero-order chi connectivity index (χ0) is 30.5. The fraction of sp³-hybridized carbons (Fsp3) is 0. The zero-order valence-corrected chi connectivity index (χ0v) is 25.9. The van der Waals surface area contributed by atoms with E-state index in [-0.39, 0.29) is 0 Å². The molecule has 0 aliphatic heterocycles. The molecule has 0 aliphatic rings. The molecule has 0 saturated carbocycles. The monoisotopic (exact) mass is 603 g/mol. The van der Waals surface area contributed by atoms with Crippen LogP contribution in [0, 0.1) is 0 Å². The van der Waals surface area contributed by atoms with E-state index >= 15 is 0 Å². The summed E-state index contributed by atoms with van der Waals surface area (Å²) < 4.78 is 2.60. The van der Waals surface area contributed by atoms with E-state index in [0.717, 1.165) is 11.4 Å². The molecule has 0 N–H and O–H groups in total. The van der Waals surface area contributed by atoms with Gasteiger partial charge < -0.3 is 4.90 Å². The largest absolute Gasteiger partial charge is 0.309 e. The molecule has 2 heteroatoms. The lowest BCUT2D eigenvalue weighted by atomic mass is 9.97. The third-order valence-corrected chi connectivity index (χ3v) is 10.2. The molecular weight excluding hydrogens is 575 g/mol. The van der Waals surface area contributed by atoms with E-state index in [4.69, 9.17) is 0 Å². The summed E-state index contributed by atoms with van der Waals surface area (Å²) in [5.41, 5.74) is 8.32. The first kappa shape index (κ1) is 26.7. The van der Waals surface area contributed by atoms with Crippen LogP contribution in [0.3, 0.4) is 0 Å². The highest BCUT2D eigenvalue weighted by Crippen LogP contribution is 2.48. The van der Waals surface area contributed by atoms with E-state index in [1.807, 2.05) is 11.3 Å². The van der Waals surface area contributed by atoms with Gasteiger partial charge in [-0.2, -0.15) is 0 Å². The lowest BCUT2D eigenvalue weighted by Gasteiger charge is -2.27. The fourth-order valence-electron chi connectivity index (χ4n) is 6.87. The van der Waals surface area contributed by atoms with Crippen LogP contribution in [-0.2, 0) is 0 Å².